The first-order valence-electron chi connectivity index (χ1n) is 0.783. The Morgan fingerprint density at radius 3 is 1.12 bits per heavy atom. The molecule has 0 aliphatic heterocycles. The van der Waals surface area contributed by atoms with Gasteiger partial charge in [-0.3, -0.25) is 0 Å². The van der Waals surface area contributed by atoms with Gasteiger partial charge in [0.1, 0.15) is 0 Å². The van der Waals surface area contributed by atoms with Crippen LogP contribution in [0.2, 0.25) is 0 Å². The van der Waals surface area contributed by atoms with Crippen molar-refractivity contribution in [3.05, 3.63) is 0 Å². The molecule has 3 N–H and O–H groups in total. The summed E-state index contributed by atoms with van der Waals surface area (Å²) < 4.78 is 8.88. The molecule has 0 aromatic rings. The predicted octanol–water partition coefficient (Wildman–Crippen LogP) is -3.03. The van der Waals surface area contributed by atoms with Crippen molar-refractivity contribution in [1.82, 2.24) is 0 Å². The SMILES string of the molecule is O=P(O)(O)O.[AlH3].[CaH2].[W]. The van der Waals surface area contributed by atoms with Crippen molar-refractivity contribution in [3.8, 4) is 0 Å². The van der Waals surface area contributed by atoms with E-state index in [0.29, 0.717) is 0 Å². The molecule has 0 aliphatic carbocycles. The van der Waals surface area contributed by atoms with Crippen molar-refractivity contribution in [2.75, 3.05) is 0 Å². The van der Waals surface area contributed by atoms with Crippen LogP contribution in [-0.4, -0.2) is 69.8 Å². The largest absolute Gasteiger partial charge is 0 e. The van der Waals surface area contributed by atoms with Crippen LogP contribution in [0.5, 0.6) is 0 Å². The van der Waals surface area contributed by atoms with Crippen LogP contribution in [-0.2, 0) is 25.6 Å². The molecule has 0 radical (unpaired) electrons. The van der Waals surface area contributed by atoms with Gasteiger partial charge < -0.3 is 14.7 Å². The predicted molar refractivity (Wildman–Crippen MR) is 32.7 cm³/mol. The van der Waals surface area contributed by atoms with Crippen LogP contribution >= 0.6 is 7.82 Å². The maximum atomic E-state index is 8.88. The van der Waals surface area contributed by atoms with Crippen LogP contribution in [0.25, 0.3) is 0 Å². The van der Waals surface area contributed by atoms with E-state index in [1.165, 1.54) is 0 Å². The first kappa shape index (κ1) is 22.4. The molecule has 8 heteroatoms. The van der Waals surface area contributed by atoms with Gasteiger partial charge >= 0.3 is 45.6 Å². The Hall–Kier alpha value is 2.59. The zero-order chi connectivity index (χ0) is 4.50. The molecule has 8 heavy (non-hydrogen) atoms. The number of phosphoric acid groups is 1. The van der Waals surface area contributed by atoms with Crippen molar-refractivity contribution >= 4 is 62.9 Å². The average Bonchev–Trinajstić information content (AvgIpc) is 0.722. The normalized spacial score (nSPS) is 7.38. The second kappa shape index (κ2) is 9.59. The van der Waals surface area contributed by atoms with Crippen molar-refractivity contribution in [1.29, 1.82) is 0 Å². The Bertz CT molecular complexity index is 62.2. The minimum atomic E-state index is -4.64. The van der Waals surface area contributed by atoms with Crippen molar-refractivity contribution < 1.29 is 40.3 Å². The van der Waals surface area contributed by atoms with Crippen LogP contribution in [0.15, 0.2) is 0 Å². The maximum Gasteiger partial charge on any atom is 0 e. The second-order valence-corrected chi connectivity index (χ2v) is 1.54. The third kappa shape index (κ3) is 73.8. The standard InChI is InChI=1S/Al.Ca.H3O4P.W.5H/c;;1-5(2,3)4;;;;;;/h;;(H3,1,2,3,4);;;;;;. The van der Waals surface area contributed by atoms with Crippen LogP contribution in [0.4, 0.5) is 0 Å². The molecule has 0 atom stereocenters. The molecule has 0 amide bonds. The number of hydrogen-bond acceptors (Lipinski definition) is 1. The minimum Gasteiger partial charge on any atom is 0 e. The quantitative estimate of drug-likeness (QED) is 0.320. The van der Waals surface area contributed by atoms with Crippen LogP contribution < -0.4 is 0 Å². The molecule has 0 bridgehead atoms. The van der Waals surface area contributed by atoms with Crippen LogP contribution in [0, 0.1) is 0 Å². The van der Waals surface area contributed by atoms with E-state index in [2.05, 4.69) is 0 Å². The van der Waals surface area contributed by atoms with E-state index < -0.39 is 7.82 Å². The molecule has 0 saturated carbocycles. The summed E-state index contributed by atoms with van der Waals surface area (Å²) in [5.74, 6) is 0. The molecule has 0 saturated heterocycles. The molecular formula is H8AlCaO4PW. The molecule has 4 nitrogen and oxygen atoms in total. The van der Waals surface area contributed by atoms with Crippen molar-refractivity contribution in [3.63, 3.8) is 0 Å². The topological polar surface area (TPSA) is 77.8 Å². The summed E-state index contributed by atoms with van der Waals surface area (Å²) in [5, 5.41) is 0. The van der Waals surface area contributed by atoms with Gasteiger partial charge in [0.25, 0.3) is 0 Å². The van der Waals surface area contributed by atoms with Gasteiger partial charge in [0, 0.05) is 21.1 Å². The summed E-state index contributed by atoms with van der Waals surface area (Å²) in [5.41, 5.74) is 0. The first-order valence-corrected chi connectivity index (χ1v) is 2.35. The molecule has 0 aromatic heterocycles. The first-order chi connectivity index (χ1) is 2.00. The summed E-state index contributed by atoms with van der Waals surface area (Å²) in [6, 6.07) is 0. The van der Waals surface area contributed by atoms with Crippen LogP contribution in [0.1, 0.15) is 0 Å². The zero-order valence-electron chi connectivity index (χ0n) is 2.61. The van der Waals surface area contributed by atoms with E-state index >= 15 is 0 Å². The van der Waals surface area contributed by atoms with Gasteiger partial charge in [0.05, 0.1) is 0 Å². The fourth-order valence-electron chi connectivity index (χ4n) is 0. The van der Waals surface area contributed by atoms with Gasteiger partial charge in [0.15, 0.2) is 17.4 Å². The number of hydrogen-bond donors (Lipinski definition) is 3. The van der Waals surface area contributed by atoms with Gasteiger partial charge in [-0.2, -0.15) is 0 Å². The fourth-order valence-corrected chi connectivity index (χ4v) is 0. The summed E-state index contributed by atoms with van der Waals surface area (Å²) in [6.07, 6.45) is 0. The van der Waals surface area contributed by atoms with Crippen molar-refractivity contribution in [2.24, 2.45) is 0 Å². The summed E-state index contributed by atoms with van der Waals surface area (Å²) in [4.78, 5) is 21.6. The Kier molecular flexibility index (Phi) is 26.9. The summed E-state index contributed by atoms with van der Waals surface area (Å²) in [7, 11) is -4.64. The molecular weight excluding hydrogens is 346 g/mol. The third-order valence-corrected chi connectivity index (χ3v) is 0. The zero-order valence-corrected chi connectivity index (χ0v) is 6.43. The second-order valence-electron chi connectivity index (χ2n) is 0.513. The van der Waals surface area contributed by atoms with Crippen molar-refractivity contribution in [2.45, 2.75) is 0 Å². The monoisotopic (exact) mass is 354 g/mol. The molecule has 0 fully saturated rings. The molecule has 48 valence electrons. The van der Waals surface area contributed by atoms with E-state index in [-0.39, 0.29) is 76.2 Å². The fraction of sp³-hybridized carbons (Fsp3) is 0. The van der Waals surface area contributed by atoms with Gasteiger partial charge in [0.2, 0.25) is 0 Å². The molecule has 0 aromatic carbocycles. The maximum absolute atomic E-state index is 8.88. The molecule has 0 rings (SSSR count). The van der Waals surface area contributed by atoms with Gasteiger partial charge in [-0.25, -0.2) is 4.57 Å². The molecule has 0 heterocycles. The number of rotatable bonds is 0. The van der Waals surface area contributed by atoms with E-state index in [1.54, 1.807) is 0 Å². The van der Waals surface area contributed by atoms with E-state index in [1.807, 2.05) is 0 Å². The Balaban J connectivity index is -0.0000000267. The van der Waals surface area contributed by atoms with Gasteiger partial charge in [-0.1, -0.05) is 0 Å². The smallest absolute Gasteiger partial charge is 0 e. The Morgan fingerprint density at radius 1 is 1.12 bits per heavy atom. The Morgan fingerprint density at radius 2 is 1.12 bits per heavy atom. The van der Waals surface area contributed by atoms with E-state index in [0.717, 1.165) is 0 Å². The van der Waals surface area contributed by atoms with Crippen LogP contribution in [0.3, 0.4) is 0 Å². The molecule has 0 unspecified atom stereocenters. The minimum absolute atomic E-state index is 0. The molecule has 0 spiro atoms. The third-order valence-electron chi connectivity index (χ3n) is 0. The molecule has 0 aliphatic rings. The van der Waals surface area contributed by atoms with E-state index in [4.69, 9.17) is 19.2 Å². The van der Waals surface area contributed by atoms with Gasteiger partial charge in [-0.05, 0) is 0 Å². The summed E-state index contributed by atoms with van der Waals surface area (Å²) >= 11 is 0. The Labute approximate surface area is 102 Å². The average molecular weight is 354 g/mol. The summed E-state index contributed by atoms with van der Waals surface area (Å²) in [6.45, 7) is 0. The van der Waals surface area contributed by atoms with E-state index in [9.17, 15) is 0 Å². The van der Waals surface area contributed by atoms with Gasteiger partial charge in [-0.15, -0.1) is 0 Å².